The lowest BCUT2D eigenvalue weighted by atomic mass is 10.3. The standard InChI is InChI=1S/C20H22FN5O4S/c1-26-17-6-3-2-5-16(17)23-18(26)13-20(28)25-24-19(27)7-4-12-22-31(29,30)15-10-8-14(21)9-11-15/h2-3,5-6,8-11,22H,4,7,12-13H2,1H3,(H,24,27)(H,25,28). The third kappa shape index (κ3) is 5.86. The molecule has 0 atom stereocenters. The van der Waals surface area contributed by atoms with Gasteiger partial charge in [0.25, 0.3) is 0 Å². The van der Waals surface area contributed by atoms with E-state index in [-0.39, 0.29) is 30.7 Å². The molecule has 11 heteroatoms. The Balaban J connectivity index is 1.39. The van der Waals surface area contributed by atoms with Crippen molar-refractivity contribution in [1.29, 1.82) is 0 Å². The summed E-state index contributed by atoms with van der Waals surface area (Å²) in [5.41, 5.74) is 6.30. The highest BCUT2D eigenvalue weighted by atomic mass is 32.2. The van der Waals surface area contributed by atoms with Crippen LogP contribution in [0.1, 0.15) is 18.7 Å². The maximum Gasteiger partial charge on any atom is 0.245 e. The van der Waals surface area contributed by atoms with Crippen molar-refractivity contribution in [3.05, 3.63) is 60.2 Å². The van der Waals surface area contributed by atoms with Crippen LogP contribution in [0.5, 0.6) is 0 Å². The van der Waals surface area contributed by atoms with Crippen molar-refractivity contribution in [2.24, 2.45) is 7.05 Å². The maximum atomic E-state index is 12.9. The molecule has 2 aromatic carbocycles. The predicted molar refractivity (Wildman–Crippen MR) is 112 cm³/mol. The Morgan fingerprint density at radius 3 is 2.42 bits per heavy atom. The van der Waals surface area contributed by atoms with E-state index in [0.717, 1.165) is 35.3 Å². The van der Waals surface area contributed by atoms with Crippen molar-refractivity contribution >= 4 is 32.9 Å². The van der Waals surface area contributed by atoms with Gasteiger partial charge in [0, 0.05) is 20.0 Å². The Bertz CT molecular complexity index is 1190. The summed E-state index contributed by atoms with van der Waals surface area (Å²) in [5, 5.41) is 0. The van der Waals surface area contributed by atoms with Crippen LogP contribution in [0, 0.1) is 5.82 Å². The van der Waals surface area contributed by atoms with Crippen molar-refractivity contribution in [3.63, 3.8) is 0 Å². The fourth-order valence-electron chi connectivity index (χ4n) is 2.90. The van der Waals surface area contributed by atoms with E-state index in [9.17, 15) is 22.4 Å². The van der Waals surface area contributed by atoms with Crippen molar-refractivity contribution in [3.8, 4) is 0 Å². The Hall–Kier alpha value is -3.31. The molecule has 2 amide bonds. The average Bonchev–Trinajstić information content (AvgIpc) is 3.05. The first-order chi connectivity index (χ1) is 14.8. The number of benzene rings is 2. The number of imidazole rings is 1. The van der Waals surface area contributed by atoms with Crippen molar-refractivity contribution in [2.45, 2.75) is 24.2 Å². The van der Waals surface area contributed by atoms with Gasteiger partial charge in [0.05, 0.1) is 22.3 Å². The Morgan fingerprint density at radius 2 is 1.71 bits per heavy atom. The first-order valence-corrected chi connectivity index (χ1v) is 11.0. The SMILES string of the molecule is Cn1c(CC(=O)NNC(=O)CCCNS(=O)(=O)c2ccc(F)cc2)nc2ccccc21. The Morgan fingerprint density at radius 1 is 1.03 bits per heavy atom. The number of nitrogens with one attached hydrogen (secondary N) is 3. The minimum absolute atomic E-state index is 0.00148. The van der Waals surface area contributed by atoms with Gasteiger partial charge in [-0.1, -0.05) is 12.1 Å². The van der Waals surface area contributed by atoms with Gasteiger partial charge < -0.3 is 4.57 Å². The summed E-state index contributed by atoms with van der Waals surface area (Å²) in [5.74, 6) is -0.861. The molecule has 31 heavy (non-hydrogen) atoms. The van der Waals surface area contributed by atoms with E-state index in [2.05, 4.69) is 20.6 Å². The number of halogens is 1. The summed E-state index contributed by atoms with van der Waals surface area (Å²) in [6.07, 6.45) is 0.203. The van der Waals surface area contributed by atoms with E-state index in [0.29, 0.717) is 5.82 Å². The molecule has 3 N–H and O–H groups in total. The van der Waals surface area contributed by atoms with Gasteiger partial charge in [0.1, 0.15) is 11.6 Å². The summed E-state index contributed by atoms with van der Waals surface area (Å²) >= 11 is 0. The molecule has 0 unspecified atom stereocenters. The average molecular weight is 447 g/mol. The number of sulfonamides is 1. The molecule has 0 aliphatic heterocycles. The summed E-state index contributed by atoms with van der Waals surface area (Å²) in [7, 11) is -1.97. The molecular weight excluding hydrogens is 425 g/mol. The number of aryl methyl sites for hydroxylation is 1. The molecule has 1 aromatic heterocycles. The topological polar surface area (TPSA) is 122 Å². The van der Waals surface area contributed by atoms with Crippen LogP contribution in [-0.2, 0) is 33.1 Å². The number of fused-ring (bicyclic) bond motifs is 1. The van der Waals surface area contributed by atoms with Crippen LogP contribution < -0.4 is 15.6 Å². The number of hydrogen-bond donors (Lipinski definition) is 3. The lowest BCUT2D eigenvalue weighted by Crippen LogP contribution is -2.42. The highest BCUT2D eigenvalue weighted by molar-refractivity contribution is 7.89. The molecule has 1 heterocycles. The smallest absolute Gasteiger partial charge is 0.245 e. The van der Waals surface area contributed by atoms with Crippen LogP contribution in [0.3, 0.4) is 0 Å². The van der Waals surface area contributed by atoms with Gasteiger partial charge in [-0.3, -0.25) is 20.4 Å². The molecule has 0 bridgehead atoms. The second kappa shape index (κ2) is 9.67. The lowest BCUT2D eigenvalue weighted by molar-refractivity contribution is -0.128. The van der Waals surface area contributed by atoms with Gasteiger partial charge in [0.15, 0.2) is 0 Å². The molecule has 164 valence electrons. The summed E-state index contributed by atoms with van der Waals surface area (Å²) in [4.78, 5) is 28.3. The first kappa shape index (κ1) is 22.4. The largest absolute Gasteiger partial charge is 0.331 e. The number of para-hydroxylation sites is 2. The van der Waals surface area contributed by atoms with Crippen molar-refractivity contribution < 1.29 is 22.4 Å². The van der Waals surface area contributed by atoms with Crippen molar-refractivity contribution in [1.82, 2.24) is 25.1 Å². The van der Waals surface area contributed by atoms with Gasteiger partial charge >= 0.3 is 0 Å². The van der Waals surface area contributed by atoms with Crippen LogP contribution in [0.4, 0.5) is 4.39 Å². The van der Waals surface area contributed by atoms with E-state index in [1.807, 2.05) is 35.9 Å². The zero-order valence-corrected chi connectivity index (χ0v) is 17.6. The molecule has 0 aliphatic carbocycles. The minimum atomic E-state index is -3.78. The highest BCUT2D eigenvalue weighted by Gasteiger charge is 2.14. The third-order valence-corrected chi connectivity index (χ3v) is 6.01. The van der Waals surface area contributed by atoms with Crippen LogP contribution in [-0.4, -0.2) is 36.3 Å². The molecule has 3 rings (SSSR count). The summed E-state index contributed by atoms with van der Waals surface area (Å²) < 4.78 is 41.2. The van der Waals surface area contributed by atoms with E-state index in [1.54, 1.807) is 0 Å². The lowest BCUT2D eigenvalue weighted by Gasteiger charge is -2.09. The first-order valence-electron chi connectivity index (χ1n) is 9.49. The van der Waals surface area contributed by atoms with Gasteiger partial charge in [-0.25, -0.2) is 22.5 Å². The molecular formula is C20H22FN5O4S. The minimum Gasteiger partial charge on any atom is -0.331 e. The molecule has 0 saturated carbocycles. The normalized spacial score (nSPS) is 11.4. The van der Waals surface area contributed by atoms with E-state index in [1.165, 1.54) is 0 Å². The van der Waals surface area contributed by atoms with E-state index < -0.39 is 27.7 Å². The van der Waals surface area contributed by atoms with Crippen LogP contribution in [0.15, 0.2) is 53.4 Å². The molecule has 0 spiro atoms. The van der Waals surface area contributed by atoms with Crippen molar-refractivity contribution in [2.75, 3.05) is 6.54 Å². The molecule has 3 aromatic rings. The van der Waals surface area contributed by atoms with Gasteiger partial charge in [-0.2, -0.15) is 0 Å². The molecule has 0 radical (unpaired) electrons. The second-order valence-corrected chi connectivity index (χ2v) is 8.57. The highest BCUT2D eigenvalue weighted by Crippen LogP contribution is 2.14. The zero-order chi connectivity index (χ0) is 22.4. The maximum absolute atomic E-state index is 12.9. The van der Waals surface area contributed by atoms with E-state index >= 15 is 0 Å². The number of carbonyl (C=O) groups is 2. The molecule has 9 nitrogen and oxygen atoms in total. The van der Waals surface area contributed by atoms with Crippen LogP contribution >= 0.6 is 0 Å². The summed E-state index contributed by atoms with van der Waals surface area (Å²) in [6, 6.07) is 11.9. The number of aromatic nitrogens is 2. The van der Waals surface area contributed by atoms with Gasteiger partial charge in [-0.15, -0.1) is 0 Å². The van der Waals surface area contributed by atoms with E-state index in [4.69, 9.17) is 0 Å². The molecule has 0 saturated heterocycles. The number of rotatable bonds is 8. The zero-order valence-electron chi connectivity index (χ0n) is 16.8. The Kier molecular flexibility index (Phi) is 6.98. The summed E-state index contributed by atoms with van der Waals surface area (Å²) in [6.45, 7) is 0.0148. The number of hydrazine groups is 1. The van der Waals surface area contributed by atoms with Crippen LogP contribution in [0.2, 0.25) is 0 Å². The number of amides is 2. The second-order valence-electron chi connectivity index (χ2n) is 6.80. The molecule has 0 fully saturated rings. The predicted octanol–water partition coefficient (Wildman–Crippen LogP) is 1.16. The fourth-order valence-corrected chi connectivity index (χ4v) is 3.97. The van der Waals surface area contributed by atoms with Crippen LogP contribution in [0.25, 0.3) is 11.0 Å². The van der Waals surface area contributed by atoms with Gasteiger partial charge in [0.2, 0.25) is 21.8 Å². The third-order valence-electron chi connectivity index (χ3n) is 4.54. The quantitative estimate of drug-likeness (QED) is 0.353. The Labute approximate surface area is 178 Å². The fraction of sp³-hybridized carbons (Fsp3) is 0.250. The van der Waals surface area contributed by atoms with Gasteiger partial charge in [-0.05, 0) is 42.8 Å². The molecule has 0 aliphatic rings. The number of hydrogen-bond acceptors (Lipinski definition) is 5. The number of nitrogens with zero attached hydrogens (tertiary/aromatic N) is 2. The monoisotopic (exact) mass is 447 g/mol. The number of carbonyl (C=O) groups excluding carboxylic acids is 2.